The third-order valence-corrected chi connectivity index (χ3v) is 2.37. The zero-order valence-electron chi connectivity index (χ0n) is 8.02. The number of likely N-dealkylation sites (N-methyl/N-ethyl adjacent to an activating group) is 1. The van der Waals surface area contributed by atoms with Crippen LogP contribution in [0, 0.1) is 0 Å². The highest BCUT2D eigenvalue weighted by atomic mass is 15.1. The summed E-state index contributed by atoms with van der Waals surface area (Å²) in [7, 11) is 2.03. The molecule has 0 N–H and O–H groups in total. The molecule has 1 heterocycles. The van der Waals surface area contributed by atoms with Crippen molar-refractivity contribution in [3.63, 3.8) is 0 Å². The second-order valence-corrected chi connectivity index (χ2v) is 3.08. The van der Waals surface area contributed by atoms with Crippen LogP contribution in [0.3, 0.4) is 0 Å². The summed E-state index contributed by atoms with van der Waals surface area (Å²) >= 11 is 0. The van der Waals surface area contributed by atoms with Gasteiger partial charge in [-0.25, -0.2) is 0 Å². The van der Waals surface area contributed by atoms with Gasteiger partial charge < -0.3 is 4.90 Å². The lowest BCUT2D eigenvalue weighted by Crippen LogP contribution is -2.19. The minimum atomic E-state index is 1.07. The molecule has 0 fully saturated rings. The van der Waals surface area contributed by atoms with Gasteiger partial charge in [0.1, 0.15) is 0 Å². The standard InChI is InChI=1S/C11H15N/c1-6-11-7-8(2)9(3)12(5)10(11)4/h6-7H,1,3H2,2,4-5H3. The summed E-state index contributed by atoms with van der Waals surface area (Å²) in [4.78, 5) is 2.09. The molecule has 12 heavy (non-hydrogen) atoms. The van der Waals surface area contributed by atoms with Gasteiger partial charge >= 0.3 is 0 Å². The predicted octanol–water partition coefficient (Wildman–Crippen LogP) is 2.85. The van der Waals surface area contributed by atoms with Crippen molar-refractivity contribution in [3.8, 4) is 0 Å². The highest BCUT2D eigenvalue weighted by Crippen LogP contribution is 2.26. The van der Waals surface area contributed by atoms with E-state index in [1.165, 1.54) is 16.8 Å². The fourth-order valence-electron chi connectivity index (χ4n) is 1.29. The van der Waals surface area contributed by atoms with Crippen LogP contribution < -0.4 is 0 Å². The van der Waals surface area contributed by atoms with Gasteiger partial charge in [0.15, 0.2) is 0 Å². The molecule has 0 aromatic rings. The molecule has 0 bridgehead atoms. The normalized spacial score (nSPS) is 18.1. The van der Waals surface area contributed by atoms with Crippen LogP contribution in [0.2, 0.25) is 0 Å². The van der Waals surface area contributed by atoms with Gasteiger partial charge in [-0.1, -0.05) is 19.2 Å². The predicted molar refractivity (Wildman–Crippen MR) is 53.6 cm³/mol. The molecule has 64 valence electrons. The highest BCUT2D eigenvalue weighted by Gasteiger charge is 2.13. The summed E-state index contributed by atoms with van der Waals surface area (Å²) in [6.07, 6.45) is 3.99. The summed E-state index contributed by atoms with van der Waals surface area (Å²) in [6.45, 7) is 11.9. The Morgan fingerprint density at radius 3 is 2.50 bits per heavy atom. The Morgan fingerprint density at radius 1 is 1.42 bits per heavy atom. The number of hydrogen-bond acceptors (Lipinski definition) is 1. The first-order valence-corrected chi connectivity index (χ1v) is 4.02. The Labute approximate surface area is 74.4 Å². The van der Waals surface area contributed by atoms with E-state index in [0.717, 1.165) is 5.70 Å². The minimum Gasteiger partial charge on any atom is -0.348 e. The molecular formula is C11H15N. The first kappa shape index (κ1) is 8.85. The second-order valence-electron chi connectivity index (χ2n) is 3.08. The van der Waals surface area contributed by atoms with Gasteiger partial charge in [-0.2, -0.15) is 0 Å². The van der Waals surface area contributed by atoms with Crippen LogP contribution >= 0.6 is 0 Å². The number of nitrogens with zero attached hydrogens (tertiary/aromatic N) is 1. The molecule has 0 radical (unpaired) electrons. The van der Waals surface area contributed by atoms with Gasteiger partial charge in [-0.3, -0.25) is 0 Å². The first-order valence-electron chi connectivity index (χ1n) is 4.02. The summed E-state index contributed by atoms with van der Waals surface area (Å²) in [5.41, 5.74) is 4.67. The Hall–Kier alpha value is -1.24. The molecule has 0 aliphatic carbocycles. The molecular weight excluding hydrogens is 146 g/mol. The van der Waals surface area contributed by atoms with Crippen molar-refractivity contribution >= 4 is 0 Å². The molecule has 1 aliphatic heterocycles. The summed E-state index contributed by atoms with van der Waals surface area (Å²) < 4.78 is 0. The largest absolute Gasteiger partial charge is 0.348 e. The van der Waals surface area contributed by atoms with E-state index in [1.807, 2.05) is 13.1 Å². The molecule has 0 saturated carbocycles. The Balaban J connectivity index is 3.18. The lowest BCUT2D eigenvalue weighted by Gasteiger charge is -2.28. The van der Waals surface area contributed by atoms with Gasteiger partial charge in [0.2, 0.25) is 0 Å². The van der Waals surface area contributed by atoms with Crippen LogP contribution in [0.4, 0.5) is 0 Å². The number of allylic oxidation sites excluding steroid dienone is 5. The quantitative estimate of drug-likeness (QED) is 0.571. The van der Waals surface area contributed by atoms with Crippen molar-refractivity contribution in [1.29, 1.82) is 0 Å². The number of hydrogen-bond donors (Lipinski definition) is 0. The van der Waals surface area contributed by atoms with E-state index >= 15 is 0 Å². The molecule has 1 heteroatoms. The topological polar surface area (TPSA) is 3.24 Å². The smallest absolute Gasteiger partial charge is 0.0362 e. The monoisotopic (exact) mass is 161 g/mol. The van der Waals surface area contributed by atoms with Crippen molar-refractivity contribution in [2.75, 3.05) is 7.05 Å². The van der Waals surface area contributed by atoms with Crippen molar-refractivity contribution in [1.82, 2.24) is 4.90 Å². The van der Waals surface area contributed by atoms with Crippen LogP contribution in [-0.2, 0) is 0 Å². The van der Waals surface area contributed by atoms with Crippen molar-refractivity contribution in [2.45, 2.75) is 13.8 Å². The van der Waals surface area contributed by atoms with E-state index in [9.17, 15) is 0 Å². The van der Waals surface area contributed by atoms with Gasteiger partial charge in [-0.05, 0) is 31.1 Å². The van der Waals surface area contributed by atoms with Crippen LogP contribution in [0.5, 0.6) is 0 Å². The molecule has 0 unspecified atom stereocenters. The summed E-state index contributed by atoms with van der Waals surface area (Å²) in [6, 6.07) is 0. The minimum absolute atomic E-state index is 1.07. The first-order chi connectivity index (χ1) is 5.57. The Morgan fingerprint density at radius 2 is 2.00 bits per heavy atom. The summed E-state index contributed by atoms with van der Waals surface area (Å²) in [5.74, 6) is 0. The van der Waals surface area contributed by atoms with E-state index in [2.05, 4.69) is 38.0 Å². The third-order valence-electron chi connectivity index (χ3n) is 2.37. The van der Waals surface area contributed by atoms with Crippen LogP contribution in [0.25, 0.3) is 0 Å². The van der Waals surface area contributed by atoms with Gasteiger partial charge in [0.05, 0.1) is 0 Å². The fraction of sp³-hybridized carbons (Fsp3) is 0.273. The lowest BCUT2D eigenvalue weighted by atomic mass is 10.0. The van der Waals surface area contributed by atoms with Crippen molar-refractivity contribution in [2.24, 2.45) is 0 Å². The molecule has 0 aromatic carbocycles. The maximum Gasteiger partial charge on any atom is 0.0362 e. The van der Waals surface area contributed by atoms with E-state index in [0.29, 0.717) is 0 Å². The molecule has 0 saturated heterocycles. The molecule has 0 aromatic heterocycles. The molecule has 1 rings (SSSR count). The Kier molecular flexibility index (Phi) is 2.22. The molecule has 0 atom stereocenters. The zero-order chi connectivity index (χ0) is 9.30. The maximum absolute atomic E-state index is 3.98. The van der Waals surface area contributed by atoms with Crippen LogP contribution in [0.1, 0.15) is 13.8 Å². The average molecular weight is 161 g/mol. The lowest BCUT2D eigenvalue weighted by molar-refractivity contribution is 0.521. The maximum atomic E-state index is 3.98. The number of rotatable bonds is 1. The Bertz CT molecular complexity index is 292. The van der Waals surface area contributed by atoms with Crippen LogP contribution in [0.15, 0.2) is 47.9 Å². The molecule has 1 aliphatic rings. The van der Waals surface area contributed by atoms with Gasteiger partial charge in [-0.15, -0.1) is 0 Å². The second kappa shape index (κ2) is 3.02. The van der Waals surface area contributed by atoms with E-state index in [-0.39, 0.29) is 0 Å². The van der Waals surface area contributed by atoms with Crippen LogP contribution in [-0.4, -0.2) is 11.9 Å². The van der Waals surface area contributed by atoms with Crippen molar-refractivity contribution < 1.29 is 0 Å². The fourth-order valence-corrected chi connectivity index (χ4v) is 1.29. The van der Waals surface area contributed by atoms with Gasteiger partial charge in [0, 0.05) is 18.4 Å². The molecule has 1 nitrogen and oxygen atoms in total. The van der Waals surface area contributed by atoms with Crippen molar-refractivity contribution in [3.05, 3.63) is 47.9 Å². The highest BCUT2D eigenvalue weighted by molar-refractivity contribution is 5.46. The summed E-state index contributed by atoms with van der Waals surface area (Å²) in [5, 5.41) is 0. The molecule has 0 spiro atoms. The zero-order valence-corrected chi connectivity index (χ0v) is 8.02. The van der Waals surface area contributed by atoms with Gasteiger partial charge in [0.25, 0.3) is 0 Å². The SMILES string of the molecule is C=CC1=C(C)N(C)C(=C)C(C)=C1. The van der Waals surface area contributed by atoms with E-state index in [1.54, 1.807) is 0 Å². The molecule has 0 amide bonds. The third kappa shape index (κ3) is 1.22. The van der Waals surface area contributed by atoms with E-state index in [4.69, 9.17) is 0 Å². The van der Waals surface area contributed by atoms with E-state index < -0.39 is 0 Å². The average Bonchev–Trinajstić information content (AvgIpc) is 2.08.